The Morgan fingerprint density at radius 3 is 2.34 bits per heavy atom. The summed E-state index contributed by atoms with van der Waals surface area (Å²) >= 11 is 1.46. The predicted octanol–water partition coefficient (Wildman–Crippen LogP) is 7.59. The van der Waals surface area contributed by atoms with Crippen molar-refractivity contribution >= 4 is 23.5 Å². The molecule has 0 saturated heterocycles. The first-order valence-electron chi connectivity index (χ1n) is 11.3. The molecule has 0 radical (unpaired) electrons. The molecule has 10 heteroatoms. The van der Waals surface area contributed by atoms with Gasteiger partial charge in [0, 0.05) is 28.3 Å². The van der Waals surface area contributed by atoms with Gasteiger partial charge in [0.15, 0.2) is 0 Å². The van der Waals surface area contributed by atoms with Crippen LogP contribution in [0.3, 0.4) is 0 Å². The van der Waals surface area contributed by atoms with E-state index in [9.17, 15) is 22.4 Å². The second kappa shape index (κ2) is 12.0. The Labute approximate surface area is 220 Å². The topological polar surface area (TPSA) is 59.6 Å². The molecule has 0 bridgehead atoms. The van der Waals surface area contributed by atoms with Crippen LogP contribution < -0.4 is 19.5 Å². The van der Waals surface area contributed by atoms with Crippen molar-refractivity contribution in [2.45, 2.75) is 17.7 Å². The maximum atomic E-state index is 13.9. The number of rotatable bonds is 9. The van der Waals surface area contributed by atoms with Gasteiger partial charge in [-0.15, -0.1) is 13.2 Å². The second-order valence-electron chi connectivity index (χ2n) is 8.02. The zero-order valence-electron chi connectivity index (χ0n) is 20.0. The molecule has 0 atom stereocenters. The number of hydrogen-bond donors (Lipinski definition) is 2. The van der Waals surface area contributed by atoms with Crippen LogP contribution in [0.25, 0.3) is 11.1 Å². The molecule has 4 rings (SSSR count). The van der Waals surface area contributed by atoms with E-state index < -0.39 is 17.9 Å². The Morgan fingerprint density at radius 1 is 0.895 bits per heavy atom. The van der Waals surface area contributed by atoms with Crippen LogP contribution in [0.2, 0.25) is 0 Å². The third-order valence-corrected chi connectivity index (χ3v) is 5.89. The van der Waals surface area contributed by atoms with E-state index in [0.29, 0.717) is 16.8 Å². The van der Waals surface area contributed by atoms with Crippen molar-refractivity contribution in [2.75, 3.05) is 12.4 Å². The van der Waals surface area contributed by atoms with Crippen molar-refractivity contribution in [3.05, 3.63) is 102 Å². The first kappa shape index (κ1) is 27.0. The average molecular weight is 543 g/mol. The lowest BCUT2D eigenvalue weighted by atomic mass is 10.0. The summed E-state index contributed by atoms with van der Waals surface area (Å²) in [5.74, 6) is -0.932. The van der Waals surface area contributed by atoms with E-state index in [1.54, 1.807) is 18.2 Å². The fraction of sp³-hybridized carbons (Fsp3) is 0.107. The predicted molar refractivity (Wildman–Crippen MR) is 139 cm³/mol. The molecule has 4 aromatic rings. The van der Waals surface area contributed by atoms with Crippen LogP contribution in [0.5, 0.6) is 17.2 Å². The third-order valence-electron chi connectivity index (χ3n) is 5.18. The van der Waals surface area contributed by atoms with E-state index in [2.05, 4.69) is 14.8 Å². The highest BCUT2D eigenvalue weighted by Gasteiger charge is 2.31. The summed E-state index contributed by atoms with van der Waals surface area (Å²) in [5.41, 5.74) is 2.18. The summed E-state index contributed by atoms with van der Waals surface area (Å²) in [7, 11) is 1.82. The second-order valence-corrected chi connectivity index (χ2v) is 9.10. The van der Waals surface area contributed by atoms with Crippen LogP contribution in [0, 0.1) is 5.82 Å². The van der Waals surface area contributed by atoms with E-state index in [1.165, 1.54) is 48.3 Å². The van der Waals surface area contributed by atoms with E-state index in [4.69, 9.17) is 4.74 Å². The monoisotopic (exact) mass is 542 g/mol. The quantitative estimate of drug-likeness (QED) is 0.169. The van der Waals surface area contributed by atoms with Gasteiger partial charge >= 0.3 is 6.36 Å². The largest absolute Gasteiger partial charge is 0.573 e. The Morgan fingerprint density at radius 2 is 1.63 bits per heavy atom. The standard InChI is InChI=1S/C28H22F4N2O3S/c1-33-38-24-11-8-18(9-12-24)14-27(35)34-21-10-13-25(19-4-2-5-20(29)15-19)26(16-21)36-22-6-3-7-23(17-22)37-28(30,31)32/h2-13,15-17,33H,14H2,1H3,(H,34,35). The van der Waals surface area contributed by atoms with Gasteiger partial charge in [-0.2, -0.15) is 0 Å². The third kappa shape index (κ3) is 7.74. The molecule has 0 aliphatic rings. The van der Waals surface area contributed by atoms with Crippen LogP contribution in [0.15, 0.2) is 95.9 Å². The molecule has 0 spiro atoms. The first-order chi connectivity index (χ1) is 18.2. The van der Waals surface area contributed by atoms with Gasteiger partial charge < -0.3 is 14.8 Å². The Bertz CT molecular complexity index is 1410. The zero-order valence-corrected chi connectivity index (χ0v) is 20.8. The van der Waals surface area contributed by atoms with Gasteiger partial charge in [-0.1, -0.05) is 30.3 Å². The van der Waals surface area contributed by atoms with Crippen LogP contribution in [0.1, 0.15) is 5.56 Å². The van der Waals surface area contributed by atoms with Crippen molar-refractivity contribution in [1.29, 1.82) is 0 Å². The van der Waals surface area contributed by atoms with Gasteiger partial charge in [-0.3, -0.25) is 9.52 Å². The van der Waals surface area contributed by atoms with E-state index in [1.807, 2.05) is 31.3 Å². The molecule has 0 heterocycles. The Kier molecular flexibility index (Phi) is 8.55. The number of amides is 1. The van der Waals surface area contributed by atoms with Gasteiger partial charge in [-0.05, 0) is 78.7 Å². The molecule has 1 amide bonds. The number of halogens is 4. The number of nitrogens with one attached hydrogen (secondary N) is 2. The first-order valence-corrected chi connectivity index (χ1v) is 12.2. The minimum Gasteiger partial charge on any atom is -0.457 e. The number of benzene rings is 4. The molecule has 2 N–H and O–H groups in total. The van der Waals surface area contributed by atoms with Crippen molar-refractivity contribution < 1.29 is 31.8 Å². The normalized spacial score (nSPS) is 11.2. The van der Waals surface area contributed by atoms with Gasteiger partial charge in [-0.25, -0.2) is 4.39 Å². The summed E-state index contributed by atoms with van der Waals surface area (Å²) in [6.45, 7) is 0. The van der Waals surface area contributed by atoms with E-state index in [0.717, 1.165) is 22.6 Å². The highest BCUT2D eigenvalue weighted by atomic mass is 32.2. The number of anilines is 1. The molecule has 0 fully saturated rings. The molecule has 0 aromatic heterocycles. The minimum absolute atomic E-state index is 0.0624. The van der Waals surface area contributed by atoms with Crippen molar-refractivity contribution in [3.8, 4) is 28.4 Å². The van der Waals surface area contributed by atoms with Crippen molar-refractivity contribution in [1.82, 2.24) is 4.72 Å². The summed E-state index contributed by atoms with van der Waals surface area (Å²) in [4.78, 5) is 13.7. The molecule has 0 aliphatic heterocycles. The SMILES string of the molecule is CNSc1ccc(CC(=O)Nc2ccc(-c3cccc(F)c3)c(Oc3cccc(OC(F)(F)F)c3)c2)cc1. The number of carbonyl (C=O) groups excluding carboxylic acids is 1. The zero-order chi connectivity index (χ0) is 27.1. The molecule has 0 saturated carbocycles. The summed E-state index contributed by atoms with van der Waals surface area (Å²) in [6, 6.07) is 23.2. The fourth-order valence-corrected chi connectivity index (χ4v) is 4.13. The summed E-state index contributed by atoms with van der Waals surface area (Å²) in [5, 5.41) is 2.80. The Hall–Kier alpha value is -4.02. The molecule has 0 unspecified atom stereocenters. The van der Waals surface area contributed by atoms with Crippen molar-refractivity contribution in [3.63, 3.8) is 0 Å². The fourth-order valence-electron chi connectivity index (χ4n) is 3.62. The van der Waals surface area contributed by atoms with E-state index in [-0.39, 0.29) is 23.8 Å². The highest BCUT2D eigenvalue weighted by molar-refractivity contribution is 7.97. The van der Waals surface area contributed by atoms with Gasteiger partial charge in [0.25, 0.3) is 0 Å². The lowest BCUT2D eigenvalue weighted by molar-refractivity contribution is -0.274. The van der Waals surface area contributed by atoms with Gasteiger partial charge in [0.1, 0.15) is 23.1 Å². The summed E-state index contributed by atoms with van der Waals surface area (Å²) < 4.78 is 64.8. The maximum absolute atomic E-state index is 13.9. The van der Waals surface area contributed by atoms with Crippen LogP contribution in [0.4, 0.5) is 23.2 Å². The molecular weight excluding hydrogens is 520 g/mol. The van der Waals surface area contributed by atoms with Gasteiger partial charge in [0.05, 0.1) is 6.42 Å². The molecular formula is C28H22F4N2O3S. The number of ether oxygens (including phenoxy) is 2. The lowest BCUT2D eigenvalue weighted by Gasteiger charge is -2.15. The molecule has 0 aliphatic carbocycles. The Balaban J connectivity index is 1.58. The minimum atomic E-state index is -4.86. The molecule has 4 aromatic carbocycles. The summed E-state index contributed by atoms with van der Waals surface area (Å²) in [6.07, 6.45) is -4.73. The molecule has 5 nitrogen and oxygen atoms in total. The smallest absolute Gasteiger partial charge is 0.457 e. The van der Waals surface area contributed by atoms with Crippen molar-refractivity contribution in [2.24, 2.45) is 0 Å². The number of carbonyl (C=O) groups is 1. The maximum Gasteiger partial charge on any atom is 0.573 e. The van der Waals surface area contributed by atoms with E-state index >= 15 is 0 Å². The van der Waals surface area contributed by atoms with Crippen LogP contribution in [-0.2, 0) is 11.2 Å². The van der Waals surface area contributed by atoms with Gasteiger partial charge in [0.2, 0.25) is 5.91 Å². The van der Waals surface area contributed by atoms with Crippen LogP contribution in [-0.4, -0.2) is 19.3 Å². The lowest BCUT2D eigenvalue weighted by Crippen LogP contribution is -2.17. The average Bonchev–Trinajstić information content (AvgIpc) is 2.85. The number of alkyl halides is 3. The highest BCUT2D eigenvalue weighted by Crippen LogP contribution is 2.37. The molecule has 38 heavy (non-hydrogen) atoms. The number of hydrogen-bond acceptors (Lipinski definition) is 5. The molecule has 196 valence electrons. The van der Waals surface area contributed by atoms with Crippen LogP contribution >= 0.6 is 11.9 Å².